The Kier molecular flexibility index (Phi) is 4.10. The van der Waals surface area contributed by atoms with Crippen LogP contribution in [0.25, 0.3) is 27.4 Å². The fourth-order valence-electron chi connectivity index (χ4n) is 5.96. The molecule has 3 aliphatic rings. The van der Waals surface area contributed by atoms with Gasteiger partial charge in [-0.15, -0.1) is 0 Å². The molecule has 0 amide bonds. The second kappa shape index (κ2) is 7.40. The summed E-state index contributed by atoms with van der Waals surface area (Å²) in [5, 5.41) is 2.39. The fraction of sp³-hybridized carbons (Fsp3) is 0.129. The standard InChI is InChI=1S/C31H21NO5/c1-32-23-5-3-2-4-20(23)30-21-14-22(31(33)18-7-11-26-28(13-18)37-16-35-26)29(19(21)8-9-24(30)32)17-6-10-25-27(12-17)36-15-34-25/h2-13H,14-16H2,1H3. The fourth-order valence-corrected chi connectivity index (χ4v) is 5.96. The summed E-state index contributed by atoms with van der Waals surface area (Å²) in [6.45, 7) is 0.372. The molecular formula is C31H21NO5. The third-order valence-electron chi connectivity index (χ3n) is 7.68. The van der Waals surface area contributed by atoms with Crippen LogP contribution in [0.2, 0.25) is 0 Å². The summed E-state index contributed by atoms with van der Waals surface area (Å²) in [4.78, 5) is 14.1. The number of aromatic nitrogens is 1. The van der Waals surface area contributed by atoms with Crippen LogP contribution in [-0.4, -0.2) is 23.9 Å². The van der Waals surface area contributed by atoms with Gasteiger partial charge in [0, 0.05) is 46.4 Å². The highest BCUT2D eigenvalue weighted by atomic mass is 16.7. The second-order valence-electron chi connectivity index (χ2n) is 9.56. The van der Waals surface area contributed by atoms with E-state index in [0.29, 0.717) is 29.2 Å². The van der Waals surface area contributed by atoms with Crippen molar-refractivity contribution in [2.24, 2.45) is 7.05 Å². The van der Waals surface area contributed by atoms with E-state index in [2.05, 4.69) is 48.0 Å². The smallest absolute Gasteiger partial charge is 0.231 e. The number of carbonyl (C=O) groups excluding carboxylic acids is 1. The van der Waals surface area contributed by atoms with Gasteiger partial charge in [-0.25, -0.2) is 0 Å². The number of para-hydroxylation sites is 1. The molecule has 3 heterocycles. The summed E-state index contributed by atoms with van der Waals surface area (Å²) in [6.07, 6.45) is 0.539. The number of ketones is 1. The maximum atomic E-state index is 14.1. The average Bonchev–Trinajstić information content (AvgIpc) is 3.71. The molecule has 6 nitrogen and oxygen atoms in total. The number of benzene rings is 4. The van der Waals surface area contributed by atoms with Crippen LogP contribution in [0.5, 0.6) is 23.0 Å². The van der Waals surface area contributed by atoms with Crippen LogP contribution in [0.1, 0.15) is 27.0 Å². The number of aryl methyl sites for hydroxylation is 1. The first kappa shape index (κ1) is 20.5. The zero-order valence-electron chi connectivity index (χ0n) is 20.0. The van der Waals surface area contributed by atoms with Crippen LogP contribution in [0.3, 0.4) is 0 Å². The Morgan fingerprint density at radius 1 is 0.757 bits per heavy atom. The zero-order valence-corrected chi connectivity index (χ0v) is 20.0. The van der Waals surface area contributed by atoms with Gasteiger partial charge in [0.2, 0.25) is 13.6 Å². The first-order valence-corrected chi connectivity index (χ1v) is 12.2. The van der Waals surface area contributed by atoms with E-state index in [1.165, 1.54) is 21.9 Å². The van der Waals surface area contributed by atoms with Gasteiger partial charge in [0.15, 0.2) is 28.8 Å². The van der Waals surface area contributed by atoms with Crippen molar-refractivity contribution >= 4 is 33.2 Å². The van der Waals surface area contributed by atoms with Gasteiger partial charge in [-0.2, -0.15) is 0 Å². The van der Waals surface area contributed by atoms with Gasteiger partial charge < -0.3 is 23.5 Å². The molecule has 0 unspecified atom stereocenters. The van der Waals surface area contributed by atoms with Crippen LogP contribution in [0, 0.1) is 0 Å². The van der Waals surface area contributed by atoms with E-state index in [1.54, 1.807) is 12.1 Å². The molecule has 1 aromatic heterocycles. The highest BCUT2D eigenvalue weighted by Crippen LogP contribution is 2.46. The number of hydrogen-bond donors (Lipinski definition) is 0. The van der Waals surface area contributed by atoms with Crippen molar-refractivity contribution < 1.29 is 23.7 Å². The molecule has 2 aliphatic heterocycles. The normalized spacial score (nSPS) is 15.2. The Bertz CT molecular complexity index is 1840. The number of ether oxygens (including phenoxy) is 4. The number of fused-ring (bicyclic) bond motifs is 7. The third-order valence-corrected chi connectivity index (χ3v) is 7.68. The topological polar surface area (TPSA) is 58.9 Å². The van der Waals surface area contributed by atoms with Gasteiger partial charge >= 0.3 is 0 Å². The maximum Gasteiger partial charge on any atom is 0.231 e. The Morgan fingerprint density at radius 2 is 1.49 bits per heavy atom. The maximum absolute atomic E-state index is 14.1. The Hall–Kier alpha value is -4.71. The van der Waals surface area contributed by atoms with Crippen LogP contribution < -0.4 is 18.9 Å². The summed E-state index contributed by atoms with van der Waals surface area (Å²) in [5.41, 5.74) is 7.79. The van der Waals surface area contributed by atoms with Crippen LogP contribution in [0.15, 0.2) is 78.4 Å². The van der Waals surface area contributed by atoms with E-state index in [0.717, 1.165) is 33.5 Å². The number of carbonyl (C=O) groups is 1. The van der Waals surface area contributed by atoms with E-state index in [9.17, 15) is 4.79 Å². The largest absolute Gasteiger partial charge is 0.454 e. The van der Waals surface area contributed by atoms with Crippen LogP contribution >= 0.6 is 0 Å². The summed E-state index contributed by atoms with van der Waals surface area (Å²) in [7, 11) is 2.09. The summed E-state index contributed by atoms with van der Waals surface area (Å²) >= 11 is 0. The number of rotatable bonds is 3. The molecule has 1 aliphatic carbocycles. The molecule has 5 aromatic rings. The van der Waals surface area contributed by atoms with Gasteiger partial charge in [0.05, 0.1) is 0 Å². The van der Waals surface area contributed by atoms with E-state index >= 15 is 0 Å². The summed E-state index contributed by atoms with van der Waals surface area (Å²) in [5.74, 6) is 2.66. The Labute approximate surface area is 212 Å². The molecule has 0 saturated heterocycles. The molecule has 0 fully saturated rings. The first-order chi connectivity index (χ1) is 18.2. The highest BCUT2D eigenvalue weighted by Gasteiger charge is 2.32. The molecular weight excluding hydrogens is 466 g/mol. The molecule has 0 saturated carbocycles. The number of Topliss-reactive ketones (excluding diaryl/α,β-unsaturated/α-hetero) is 1. The minimum atomic E-state index is -0.0180. The van der Waals surface area contributed by atoms with Crippen molar-refractivity contribution in [1.82, 2.24) is 4.57 Å². The van der Waals surface area contributed by atoms with Crippen molar-refractivity contribution in [3.8, 4) is 23.0 Å². The lowest BCUT2D eigenvalue weighted by Crippen LogP contribution is -2.05. The van der Waals surface area contributed by atoms with Gasteiger partial charge in [-0.3, -0.25) is 4.79 Å². The quantitative estimate of drug-likeness (QED) is 0.291. The lowest BCUT2D eigenvalue weighted by molar-refractivity contribution is 0.103. The van der Waals surface area contributed by atoms with Crippen LogP contribution in [0.4, 0.5) is 0 Å². The third kappa shape index (κ3) is 2.84. The van der Waals surface area contributed by atoms with E-state index in [4.69, 9.17) is 18.9 Å². The summed E-state index contributed by atoms with van der Waals surface area (Å²) < 4.78 is 24.5. The summed E-state index contributed by atoms with van der Waals surface area (Å²) in [6, 6.07) is 24.1. The molecule has 0 spiro atoms. The molecule has 8 rings (SSSR count). The zero-order chi connectivity index (χ0) is 24.7. The van der Waals surface area contributed by atoms with Crippen molar-refractivity contribution in [1.29, 1.82) is 0 Å². The Morgan fingerprint density at radius 3 is 2.32 bits per heavy atom. The monoisotopic (exact) mass is 487 g/mol. The SMILES string of the molecule is Cn1c2ccccc2c2c3c(ccc21)C(c1ccc2c(c1)OCO2)=C(C(=O)c1ccc2c(c1)OCO2)C3. The van der Waals surface area contributed by atoms with Gasteiger partial charge in [-0.05, 0) is 64.7 Å². The highest BCUT2D eigenvalue weighted by molar-refractivity contribution is 6.20. The molecule has 0 bridgehead atoms. The molecule has 0 N–H and O–H groups in total. The van der Waals surface area contributed by atoms with Gasteiger partial charge in [-0.1, -0.05) is 30.3 Å². The molecule has 180 valence electrons. The lowest BCUT2D eigenvalue weighted by atomic mass is 9.93. The predicted molar refractivity (Wildman–Crippen MR) is 140 cm³/mol. The van der Waals surface area contributed by atoms with Crippen molar-refractivity contribution in [2.75, 3.05) is 13.6 Å². The number of hydrogen-bond acceptors (Lipinski definition) is 5. The van der Waals surface area contributed by atoms with Crippen LogP contribution in [-0.2, 0) is 13.5 Å². The van der Waals surface area contributed by atoms with Gasteiger partial charge in [0.25, 0.3) is 0 Å². The Balaban J connectivity index is 1.37. The van der Waals surface area contributed by atoms with Crippen molar-refractivity contribution in [3.05, 3.63) is 101 Å². The second-order valence-corrected chi connectivity index (χ2v) is 9.56. The van der Waals surface area contributed by atoms with Crippen molar-refractivity contribution in [2.45, 2.75) is 6.42 Å². The van der Waals surface area contributed by atoms with Crippen molar-refractivity contribution in [3.63, 3.8) is 0 Å². The van der Waals surface area contributed by atoms with E-state index in [1.807, 2.05) is 24.3 Å². The first-order valence-electron chi connectivity index (χ1n) is 12.2. The molecule has 6 heteroatoms. The molecule has 0 radical (unpaired) electrons. The predicted octanol–water partition coefficient (Wildman–Crippen LogP) is 6.03. The van der Waals surface area contributed by atoms with E-state index in [-0.39, 0.29) is 19.4 Å². The van der Waals surface area contributed by atoms with Gasteiger partial charge in [0.1, 0.15) is 0 Å². The molecule has 37 heavy (non-hydrogen) atoms. The number of allylic oxidation sites excluding steroid dienone is 1. The minimum absolute atomic E-state index is 0.0180. The lowest BCUT2D eigenvalue weighted by Gasteiger charge is -2.11. The van der Waals surface area contributed by atoms with E-state index < -0.39 is 0 Å². The average molecular weight is 488 g/mol. The minimum Gasteiger partial charge on any atom is -0.454 e. The number of nitrogens with zero attached hydrogens (tertiary/aromatic N) is 1. The molecule has 0 atom stereocenters. The molecule has 4 aromatic carbocycles.